The Balaban J connectivity index is 1.81. The van der Waals surface area contributed by atoms with Gasteiger partial charge < -0.3 is 14.9 Å². The van der Waals surface area contributed by atoms with Crippen LogP contribution in [-0.2, 0) is 4.74 Å². The topological polar surface area (TPSA) is 74.2 Å². The molecule has 2 aromatic rings. The van der Waals surface area contributed by atoms with Crippen LogP contribution in [-0.4, -0.2) is 16.8 Å². The zero-order valence-corrected chi connectivity index (χ0v) is 10.8. The third-order valence-electron chi connectivity index (χ3n) is 3.51. The predicted molar refractivity (Wildman–Crippen MR) is 69.2 cm³/mol. The maximum absolute atomic E-state index is 6.13. The molecule has 0 aliphatic carbocycles. The molecular formula is C14H17N3O2. The maximum Gasteiger partial charge on any atom is 0.245 e. The molecule has 1 saturated heterocycles. The van der Waals surface area contributed by atoms with Crippen molar-refractivity contribution in [2.75, 3.05) is 6.61 Å². The third-order valence-corrected chi connectivity index (χ3v) is 3.51. The SMILES string of the molecule is CC1CCOC1c1nnc(C(N)c2ccccc2)o1. The summed E-state index contributed by atoms with van der Waals surface area (Å²) in [6.07, 6.45) is 0.928. The van der Waals surface area contributed by atoms with Crippen LogP contribution < -0.4 is 5.73 Å². The van der Waals surface area contributed by atoms with E-state index >= 15 is 0 Å². The van der Waals surface area contributed by atoms with Gasteiger partial charge in [0.1, 0.15) is 12.1 Å². The maximum atomic E-state index is 6.13. The van der Waals surface area contributed by atoms with Gasteiger partial charge in [0.05, 0.1) is 0 Å². The Hall–Kier alpha value is -1.72. The molecule has 1 aliphatic rings. The minimum atomic E-state index is -0.390. The molecule has 3 rings (SSSR count). The lowest BCUT2D eigenvalue weighted by atomic mass is 10.0. The molecule has 2 heterocycles. The summed E-state index contributed by atoms with van der Waals surface area (Å²) in [5, 5.41) is 8.12. The highest BCUT2D eigenvalue weighted by molar-refractivity contribution is 5.22. The van der Waals surface area contributed by atoms with Crippen molar-refractivity contribution in [1.29, 1.82) is 0 Å². The molecule has 5 heteroatoms. The molecule has 19 heavy (non-hydrogen) atoms. The molecule has 0 spiro atoms. The van der Waals surface area contributed by atoms with E-state index in [1.165, 1.54) is 0 Å². The van der Waals surface area contributed by atoms with Gasteiger partial charge in [0, 0.05) is 6.61 Å². The van der Waals surface area contributed by atoms with Crippen LogP contribution in [0.25, 0.3) is 0 Å². The number of ether oxygens (including phenoxy) is 1. The molecule has 1 aromatic carbocycles. The zero-order chi connectivity index (χ0) is 13.2. The van der Waals surface area contributed by atoms with Crippen LogP contribution in [0.3, 0.4) is 0 Å². The second kappa shape index (κ2) is 5.11. The van der Waals surface area contributed by atoms with E-state index in [4.69, 9.17) is 14.9 Å². The molecule has 3 unspecified atom stereocenters. The van der Waals surface area contributed by atoms with Crippen molar-refractivity contribution in [2.24, 2.45) is 11.7 Å². The van der Waals surface area contributed by atoms with Gasteiger partial charge in [-0.2, -0.15) is 0 Å². The second-order valence-corrected chi connectivity index (χ2v) is 4.92. The summed E-state index contributed by atoms with van der Waals surface area (Å²) in [5.41, 5.74) is 7.08. The van der Waals surface area contributed by atoms with Crippen molar-refractivity contribution in [3.63, 3.8) is 0 Å². The molecule has 0 radical (unpaired) electrons. The summed E-state index contributed by atoms with van der Waals surface area (Å²) in [7, 11) is 0. The molecule has 3 atom stereocenters. The van der Waals surface area contributed by atoms with E-state index in [1.807, 2.05) is 30.3 Å². The minimum absolute atomic E-state index is 0.0933. The average Bonchev–Trinajstić information content (AvgIpc) is 3.07. The van der Waals surface area contributed by atoms with Gasteiger partial charge in [0.15, 0.2) is 0 Å². The molecule has 0 bridgehead atoms. The van der Waals surface area contributed by atoms with E-state index < -0.39 is 0 Å². The van der Waals surface area contributed by atoms with Crippen molar-refractivity contribution in [3.8, 4) is 0 Å². The van der Waals surface area contributed by atoms with Gasteiger partial charge in [-0.3, -0.25) is 0 Å². The highest BCUT2D eigenvalue weighted by atomic mass is 16.5. The van der Waals surface area contributed by atoms with Gasteiger partial charge in [-0.15, -0.1) is 10.2 Å². The first kappa shape index (κ1) is 12.3. The summed E-state index contributed by atoms with van der Waals surface area (Å²) in [6.45, 7) is 2.87. The Kier molecular flexibility index (Phi) is 3.31. The second-order valence-electron chi connectivity index (χ2n) is 4.92. The Morgan fingerprint density at radius 2 is 2.05 bits per heavy atom. The molecule has 5 nitrogen and oxygen atoms in total. The Labute approximate surface area is 111 Å². The smallest absolute Gasteiger partial charge is 0.245 e. The van der Waals surface area contributed by atoms with Gasteiger partial charge in [-0.1, -0.05) is 37.3 Å². The molecular weight excluding hydrogens is 242 g/mol. The molecule has 1 aromatic heterocycles. The zero-order valence-electron chi connectivity index (χ0n) is 10.8. The van der Waals surface area contributed by atoms with Crippen LogP contribution in [0.15, 0.2) is 34.7 Å². The van der Waals surface area contributed by atoms with E-state index in [0.29, 0.717) is 17.7 Å². The number of hydrogen-bond acceptors (Lipinski definition) is 5. The summed E-state index contributed by atoms with van der Waals surface area (Å²) >= 11 is 0. The fraction of sp³-hybridized carbons (Fsp3) is 0.429. The molecule has 2 N–H and O–H groups in total. The lowest BCUT2D eigenvalue weighted by Gasteiger charge is -2.09. The summed E-state index contributed by atoms with van der Waals surface area (Å²) in [4.78, 5) is 0. The Morgan fingerprint density at radius 3 is 2.74 bits per heavy atom. The first-order chi connectivity index (χ1) is 9.25. The molecule has 100 valence electrons. The normalized spacial score (nSPS) is 24.5. The summed E-state index contributed by atoms with van der Waals surface area (Å²) < 4.78 is 11.3. The Morgan fingerprint density at radius 1 is 1.26 bits per heavy atom. The minimum Gasteiger partial charge on any atom is -0.420 e. The van der Waals surface area contributed by atoms with Crippen molar-refractivity contribution in [1.82, 2.24) is 10.2 Å². The van der Waals surface area contributed by atoms with E-state index in [0.717, 1.165) is 18.6 Å². The number of aromatic nitrogens is 2. The van der Waals surface area contributed by atoms with Crippen LogP contribution in [0.5, 0.6) is 0 Å². The number of benzene rings is 1. The molecule has 1 fully saturated rings. The molecule has 1 aliphatic heterocycles. The lowest BCUT2D eigenvalue weighted by molar-refractivity contribution is 0.0702. The molecule has 0 amide bonds. The van der Waals surface area contributed by atoms with Crippen LogP contribution in [0.1, 0.15) is 42.8 Å². The Bertz CT molecular complexity index is 541. The first-order valence-electron chi connectivity index (χ1n) is 6.51. The predicted octanol–water partition coefficient (Wildman–Crippen LogP) is 2.22. The van der Waals surface area contributed by atoms with E-state index in [2.05, 4.69) is 17.1 Å². The number of nitrogens with zero attached hydrogens (tertiary/aromatic N) is 2. The highest BCUT2D eigenvalue weighted by Gasteiger charge is 2.31. The molecule has 0 saturated carbocycles. The summed E-state index contributed by atoms with van der Waals surface area (Å²) in [6, 6.07) is 9.33. The fourth-order valence-electron chi connectivity index (χ4n) is 2.30. The first-order valence-corrected chi connectivity index (χ1v) is 6.51. The van der Waals surface area contributed by atoms with Gasteiger partial charge in [0.2, 0.25) is 11.8 Å². The van der Waals surface area contributed by atoms with Gasteiger partial charge in [0.25, 0.3) is 0 Å². The van der Waals surface area contributed by atoms with Crippen LogP contribution in [0, 0.1) is 5.92 Å². The number of hydrogen-bond donors (Lipinski definition) is 1. The van der Waals surface area contributed by atoms with Crippen LogP contribution in [0.2, 0.25) is 0 Å². The lowest BCUT2D eigenvalue weighted by Crippen LogP contribution is -2.12. The van der Waals surface area contributed by atoms with Crippen LogP contribution >= 0.6 is 0 Å². The summed E-state index contributed by atoms with van der Waals surface area (Å²) in [5.74, 6) is 1.37. The van der Waals surface area contributed by atoms with Crippen molar-refractivity contribution < 1.29 is 9.15 Å². The standard InChI is InChI=1S/C14H17N3O2/c1-9-7-8-18-12(9)14-17-16-13(19-14)11(15)10-5-3-2-4-6-10/h2-6,9,11-12H,7-8,15H2,1H3. The monoisotopic (exact) mass is 259 g/mol. The number of rotatable bonds is 3. The van der Waals surface area contributed by atoms with E-state index in [1.54, 1.807) is 0 Å². The average molecular weight is 259 g/mol. The van der Waals surface area contributed by atoms with E-state index in [9.17, 15) is 0 Å². The van der Waals surface area contributed by atoms with Crippen molar-refractivity contribution in [2.45, 2.75) is 25.5 Å². The largest absolute Gasteiger partial charge is 0.420 e. The quantitative estimate of drug-likeness (QED) is 0.914. The third kappa shape index (κ3) is 2.39. The fourth-order valence-corrected chi connectivity index (χ4v) is 2.30. The van der Waals surface area contributed by atoms with Gasteiger partial charge >= 0.3 is 0 Å². The van der Waals surface area contributed by atoms with Crippen LogP contribution in [0.4, 0.5) is 0 Å². The number of nitrogens with two attached hydrogens (primary N) is 1. The van der Waals surface area contributed by atoms with Crippen molar-refractivity contribution in [3.05, 3.63) is 47.7 Å². The van der Waals surface area contributed by atoms with E-state index in [-0.39, 0.29) is 12.1 Å². The van der Waals surface area contributed by atoms with Crippen molar-refractivity contribution >= 4 is 0 Å². The van der Waals surface area contributed by atoms with Gasteiger partial charge in [-0.25, -0.2) is 0 Å². The highest BCUT2D eigenvalue weighted by Crippen LogP contribution is 2.33. The van der Waals surface area contributed by atoms with Gasteiger partial charge in [-0.05, 0) is 17.9 Å².